The third-order valence-electron chi connectivity index (χ3n) is 1.90. The molecule has 1 amide bonds. The fraction of sp³-hybridized carbons (Fsp3) is 0.333. The average molecular weight is 316 g/mol. The Morgan fingerprint density at radius 3 is 2.78 bits per heavy atom. The Kier molecular flexibility index (Phi) is 6.38. The number of hydrogen-bond donors (Lipinski definition) is 1. The lowest BCUT2D eigenvalue weighted by Crippen LogP contribution is -2.22. The molecule has 0 radical (unpaired) electrons. The van der Waals surface area contributed by atoms with Crippen LogP contribution in [0.4, 0.5) is 5.69 Å². The summed E-state index contributed by atoms with van der Waals surface area (Å²) < 4.78 is 10.4. The van der Waals surface area contributed by atoms with Crippen LogP contribution in [-0.2, 0) is 19.1 Å². The fourth-order valence-corrected chi connectivity index (χ4v) is 1.54. The van der Waals surface area contributed by atoms with Crippen LogP contribution < -0.4 is 5.32 Å². The highest BCUT2D eigenvalue weighted by molar-refractivity contribution is 9.10. The Bertz CT molecular complexity index is 422. The maximum Gasteiger partial charge on any atom is 0.332 e. The maximum atomic E-state index is 11.5. The summed E-state index contributed by atoms with van der Waals surface area (Å²) in [6.07, 6.45) is 0. The Hall–Kier alpha value is -1.40. The van der Waals surface area contributed by atoms with Crippen LogP contribution in [0.25, 0.3) is 0 Å². The van der Waals surface area contributed by atoms with Crippen LogP contribution >= 0.6 is 15.9 Å². The van der Waals surface area contributed by atoms with Crippen molar-refractivity contribution in [3.05, 3.63) is 28.7 Å². The molecule has 0 atom stereocenters. The topological polar surface area (TPSA) is 64.6 Å². The van der Waals surface area contributed by atoms with E-state index in [4.69, 9.17) is 9.47 Å². The summed E-state index contributed by atoms with van der Waals surface area (Å²) in [7, 11) is 0. The number of hydrogen-bond acceptors (Lipinski definition) is 4. The van der Waals surface area contributed by atoms with Gasteiger partial charge in [0.25, 0.3) is 5.91 Å². The van der Waals surface area contributed by atoms with Gasteiger partial charge in [0.15, 0.2) is 6.61 Å². The van der Waals surface area contributed by atoms with Crippen LogP contribution in [0.5, 0.6) is 0 Å². The fourth-order valence-electron chi connectivity index (χ4n) is 1.14. The van der Waals surface area contributed by atoms with Crippen molar-refractivity contribution in [2.45, 2.75) is 6.92 Å². The van der Waals surface area contributed by atoms with Gasteiger partial charge in [0.05, 0.1) is 0 Å². The molecule has 1 rings (SSSR count). The maximum absolute atomic E-state index is 11.5. The van der Waals surface area contributed by atoms with Crippen molar-refractivity contribution >= 4 is 33.5 Å². The lowest BCUT2D eigenvalue weighted by atomic mass is 10.3. The largest absolute Gasteiger partial charge is 0.454 e. The van der Waals surface area contributed by atoms with Crippen LogP contribution in [0, 0.1) is 0 Å². The van der Waals surface area contributed by atoms with E-state index in [0.717, 1.165) is 4.47 Å². The first-order valence-electron chi connectivity index (χ1n) is 5.40. The number of esters is 1. The van der Waals surface area contributed by atoms with Gasteiger partial charge in [-0.3, -0.25) is 4.79 Å². The minimum Gasteiger partial charge on any atom is -0.454 e. The average Bonchev–Trinajstić information content (AvgIpc) is 2.34. The van der Waals surface area contributed by atoms with Gasteiger partial charge in [0.2, 0.25) is 0 Å². The molecule has 0 aromatic heterocycles. The number of benzene rings is 1. The molecule has 0 saturated heterocycles. The first kappa shape index (κ1) is 14.7. The van der Waals surface area contributed by atoms with Gasteiger partial charge in [0, 0.05) is 16.8 Å². The molecule has 1 aromatic rings. The van der Waals surface area contributed by atoms with E-state index in [0.29, 0.717) is 12.3 Å². The van der Waals surface area contributed by atoms with Crippen molar-refractivity contribution in [2.75, 3.05) is 25.1 Å². The van der Waals surface area contributed by atoms with Crippen LogP contribution in [0.3, 0.4) is 0 Å². The second-order valence-electron chi connectivity index (χ2n) is 3.36. The molecule has 0 fully saturated rings. The number of carbonyl (C=O) groups excluding carboxylic acids is 2. The lowest BCUT2D eigenvalue weighted by molar-refractivity contribution is -0.151. The second-order valence-corrected chi connectivity index (χ2v) is 4.27. The molecule has 98 valence electrons. The van der Waals surface area contributed by atoms with Gasteiger partial charge < -0.3 is 14.8 Å². The van der Waals surface area contributed by atoms with E-state index in [1.807, 2.05) is 6.07 Å². The molecule has 0 bridgehead atoms. The van der Waals surface area contributed by atoms with E-state index in [2.05, 4.69) is 21.2 Å². The Labute approximate surface area is 114 Å². The van der Waals surface area contributed by atoms with Crippen LogP contribution in [0.2, 0.25) is 0 Å². The highest BCUT2D eigenvalue weighted by Gasteiger charge is 2.07. The van der Waals surface area contributed by atoms with Crippen LogP contribution in [-0.4, -0.2) is 31.7 Å². The lowest BCUT2D eigenvalue weighted by Gasteiger charge is -2.06. The van der Waals surface area contributed by atoms with Gasteiger partial charge in [-0.1, -0.05) is 22.0 Å². The van der Waals surface area contributed by atoms with Gasteiger partial charge in [-0.2, -0.15) is 0 Å². The van der Waals surface area contributed by atoms with Crippen molar-refractivity contribution in [3.8, 4) is 0 Å². The van der Waals surface area contributed by atoms with Gasteiger partial charge in [-0.25, -0.2) is 4.79 Å². The zero-order chi connectivity index (χ0) is 13.4. The third-order valence-corrected chi connectivity index (χ3v) is 2.39. The quantitative estimate of drug-likeness (QED) is 0.815. The molecule has 0 spiro atoms. The molecule has 0 saturated carbocycles. The van der Waals surface area contributed by atoms with Crippen LogP contribution in [0.1, 0.15) is 6.92 Å². The summed E-state index contributed by atoms with van der Waals surface area (Å²) in [6.45, 7) is 1.74. The van der Waals surface area contributed by atoms with Crippen molar-refractivity contribution in [1.82, 2.24) is 0 Å². The first-order chi connectivity index (χ1) is 8.61. The first-order valence-corrected chi connectivity index (χ1v) is 6.20. The smallest absolute Gasteiger partial charge is 0.332 e. The SMILES string of the molecule is CCOCC(=O)OCC(=O)Nc1cccc(Br)c1. The number of rotatable bonds is 6. The molecule has 0 heterocycles. The molecule has 0 aliphatic rings. The standard InChI is InChI=1S/C12H14BrNO4/c1-2-17-8-12(16)18-7-11(15)14-10-5-3-4-9(13)6-10/h3-6H,2,7-8H2,1H3,(H,14,15). The predicted octanol–water partition coefficient (Wildman–Crippen LogP) is 1.97. The van der Waals surface area contributed by atoms with Crippen LogP contribution in [0.15, 0.2) is 28.7 Å². The molecule has 1 aromatic carbocycles. The molecule has 0 aliphatic heterocycles. The number of halogens is 1. The van der Waals surface area contributed by atoms with E-state index in [1.54, 1.807) is 25.1 Å². The van der Waals surface area contributed by atoms with Gasteiger partial charge in [-0.15, -0.1) is 0 Å². The molecule has 0 aliphatic carbocycles. The van der Waals surface area contributed by atoms with Gasteiger partial charge in [0.1, 0.15) is 6.61 Å². The summed E-state index contributed by atoms with van der Waals surface area (Å²) in [5.41, 5.74) is 0.634. The number of ether oxygens (including phenoxy) is 2. The highest BCUT2D eigenvalue weighted by atomic mass is 79.9. The molecule has 18 heavy (non-hydrogen) atoms. The zero-order valence-corrected chi connectivity index (χ0v) is 11.5. The second kappa shape index (κ2) is 7.84. The highest BCUT2D eigenvalue weighted by Crippen LogP contribution is 2.15. The summed E-state index contributed by atoms with van der Waals surface area (Å²) in [4.78, 5) is 22.5. The number of amides is 1. The minimum atomic E-state index is -0.554. The van der Waals surface area contributed by atoms with E-state index in [1.165, 1.54) is 0 Å². The third kappa shape index (κ3) is 5.79. The number of anilines is 1. The van der Waals surface area contributed by atoms with E-state index in [9.17, 15) is 9.59 Å². The Morgan fingerprint density at radius 2 is 2.11 bits per heavy atom. The number of nitrogens with one attached hydrogen (secondary N) is 1. The molecule has 1 N–H and O–H groups in total. The van der Waals surface area contributed by atoms with Crippen molar-refractivity contribution < 1.29 is 19.1 Å². The minimum absolute atomic E-state index is 0.138. The van der Waals surface area contributed by atoms with Crippen molar-refractivity contribution in [2.24, 2.45) is 0 Å². The summed E-state index contributed by atoms with van der Waals surface area (Å²) in [6, 6.07) is 7.13. The van der Waals surface area contributed by atoms with Crippen molar-refractivity contribution in [1.29, 1.82) is 0 Å². The summed E-state index contributed by atoms with van der Waals surface area (Å²) in [5.74, 6) is -0.945. The molecular weight excluding hydrogens is 302 g/mol. The zero-order valence-electron chi connectivity index (χ0n) is 9.94. The molecule has 0 unspecified atom stereocenters. The van der Waals surface area contributed by atoms with Crippen molar-refractivity contribution in [3.63, 3.8) is 0 Å². The monoisotopic (exact) mass is 315 g/mol. The molecule has 6 heteroatoms. The van der Waals surface area contributed by atoms with Gasteiger partial charge in [-0.05, 0) is 25.1 Å². The number of carbonyl (C=O) groups is 2. The van der Waals surface area contributed by atoms with E-state index >= 15 is 0 Å². The van der Waals surface area contributed by atoms with E-state index in [-0.39, 0.29) is 13.2 Å². The normalized spacial score (nSPS) is 9.89. The summed E-state index contributed by atoms with van der Waals surface area (Å²) in [5, 5.41) is 2.61. The Balaban J connectivity index is 2.31. The Morgan fingerprint density at radius 1 is 1.33 bits per heavy atom. The predicted molar refractivity (Wildman–Crippen MR) is 70.2 cm³/mol. The molecule has 5 nitrogen and oxygen atoms in total. The molecular formula is C12H14BrNO4. The van der Waals surface area contributed by atoms with Gasteiger partial charge >= 0.3 is 5.97 Å². The summed E-state index contributed by atoms with van der Waals surface area (Å²) >= 11 is 3.29. The van der Waals surface area contributed by atoms with E-state index < -0.39 is 11.9 Å².